The summed E-state index contributed by atoms with van der Waals surface area (Å²) >= 11 is 0. The normalized spacial score (nSPS) is 14.9. The molecule has 6 N–H and O–H groups in total. The summed E-state index contributed by atoms with van der Waals surface area (Å²) in [6.45, 7) is -1.15. The van der Waals surface area contributed by atoms with E-state index in [2.05, 4.69) is 4.98 Å². The van der Waals surface area contributed by atoms with Crippen molar-refractivity contribution in [3.63, 3.8) is 0 Å². The second-order valence-electron chi connectivity index (χ2n) is 5.92. The van der Waals surface area contributed by atoms with E-state index in [9.17, 15) is 39.3 Å². The van der Waals surface area contributed by atoms with Crippen molar-refractivity contribution in [2.45, 2.75) is 38.3 Å². The van der Waals surface area contributed by atoms with Crippen LogP contribution in [-0.2, 0) is 17.9 Å². The van der Waals surface area contributed by atoms with Gasteiger partial charge < -0.3 is 20.4 Å². The average molecular weight is 386 g/mol. The summed E-state index contributed by atoms with van der Waals surface area (Å²) in [6, 6.07) is 0. The minimum Gasteiger partial charge on any atom is -0.394 e. The van der Waals surface area contributed by atoms with Crippen LogP contribution in [0.1, 0.15) is 6.92 Å². The quantitative estimate of drug-likeness (QED) is 0.252. The Morgan fingerprint density at radius 2 is 1.59 bits per heavy atom. The molecular formula is C14H18N4O9. The molecule has 13 heteroatoms. The van der Waals surface area contributed by atoms with Crippen molar-refractivity contribution < 1.29 is 25.2 Å². The highest BCUT2D eigenvalue weighted by molar-refractivity contribution is 5.78. The monoisotopic (exact) mass is 386 g/mol. The number of hydrogen-bond donors (Lipinski definition) is 6. The van der Waals surface area contributed by atoms with Gasteiger partial charge in [-0.2, -0.15) is 0 Å². The molecule has 2 aromatic rings. The van der Waals surface area contributed by atoms with Crippen LogP contribution < -0.4 is 22.4 Å². The van der Waals surface area contributed by atoms with Crippen LogP contribution >= 0.6 is 0 Å². The van der Waals surface area contributed by atoms with E-state index >= 15 is 0 Å². The number of nitrogens with one attached hydrogen (secondary N) is 2. The Balaban J connectivity index is 2.78. The summed E-state index contributed by atoms with van der Waals surface area (Å²) in [7, 11) is 0. The highest BCUT2D eigenvalue weighted by atomic mass is 16.4. The number of carbonyl (C=O) groups excluding carboxylic acids is 1. The first kappa shape index (κ1) is 20.4. The van der Waals surface area contributed by atoms with E-state index in [4.69, 9.17) is 5.11 Å². The molecule has 0 spiro atoms. The minimum absolute atomic E-state index is 0.459. The van der Waals surface area contributed by atoms with Gasteiger partial charge in [-0.05, 0) is 6.92 Å². The van der Waals surface area contributed by atoms with Crippen LogP contribution in [0, 0.1) is 0 Å². The van der Waals surface area contributed by atoms with Crippen molar-refractivity contribution >= 4 is 16.9 Å². The highest BCUT2D eigenvalue weighted by Gasteiger charge is 2.27. The van der Waals surface area contributed by atoms with Crippen LogP contribution in [0.25, 0.3) is 11.2 Å². The summed E-state index contributed by atoms with van der Waals surface area (Å²) < 4.78 is 1.14. The lowest BCUT2D eigenvalue weighted by molar-refractivity contribution is -0.117. The van der Waals surface area contributed by atoms with Gasteiger partial charge in [0.25, 0.3) is 5.56 Å². The van der Waals surface area contributed by atoms with Gasteiger partial charge in [-0.1, -0.05) is 0 Å². The fourth-order valence-electron chi connectivity index (χ4n) is 2.55. The number of aliphatic hydroxyl groups is 4. The van der Waals surface area contributed by atoms with Gasteiger partial charge in [0.1, 0.15) is 29.7 Å². The Labute approximate surface area is 148 Å². The predicted octanol–water partition coefficient (Wildman–Crippen LogP) is -4.80. The third kappa shape index (κ3) is 3.95. The molecule has 27 heavy (non-hydrogen) atoms. The number of aliphatic hydroxyl groups excluding tert-OH is 4. The highest BCUT2D eigenvalue weighted by Crippen LogP contribution is 2.06. The van der Waals surface area contributed by atoms with Crippen molar-refractivity contribution in [2.75, 3.05) is 6.61 Å². The predicted molar refractivity (Wildman–Crippen MR) is 89.5 cm³/mol. The lowest BCUT2D eigenvalue weighted by Crippen LogP contribution is -2.49. The molecule has 0 radical (unpaired) electrons. The molecule has 0 aliphatic rings. The third-order valence-corrected chi connectivity index (χ3v) is 3.84. The molecule has 0 saturated carbocycles. The Kier molecular flexibility index (Phi) is 5.90. The van der Waals surface area contributed by atoms with E-state index < -0.39 is 77.3 Å². The van der Waals surface area contributed by atoms with Crippen LogP contribution in [0.15, 0.2) is 19.2 Å². The number of H-pyrrole nitrogens is 2. The van der Waals surface area contributed by atoms with Gasteiger partial charge in [-0.15, -0.1) is 0 Å². The number of carbonyl (C=O) groups is 1. The topological polar surface area (TPSA) is 208 Å². The van der Waals surface area contributed by atoms with Crippen molar-refractivity contribution in [3.05, 3.63) is 41.5 Å². The van der Waals surface area contributed by atoms with Gasteiger partial charge in [0.2, 0.25) is 0 Å². The second kappa shape index (κ2) is 7.79. The number of aromatic amines is 2. The minimum atomic E-state index is -1.88. The second-order valence-corrected chi connectivity index (χ2v) is 5.92. The molecule has 0 saturated heterocycles. The Morgan fingerprint density at radius 1 is 1.00 bits per heavy atom. The average Bonchev–Trinajstić information content (AvgIpc) is 2.60. The smallest absolute Gasteiger partial charge is 0.327 e. The van der Waals surface area contributed by atoms with Gasteiger partial charge in [0.15, 0.2) is 5.52 Å². The Morgan fingerprint density at radius 3 is 2.15 bits per heavy atom. The third-order valence-electron chi connectivity index (χ3n) is 3.84. The van der Waals surface area contributed by atoms with E-state index in [-0.39, 0.29) is 0 Å². The standard InChI is InChI=1S/C14H18N4O9/c1-5(20)2-17-8-10(15-14(27)16-11(8)24)18(13(26)12(17)25)3-6(21)9(23)7(22)4-19/h6-7,9,19,21-23H,2-4H2,1H3,(H2,15,16,24,27)/t6-,7+,9-/m0/s1. The van der Waals surface area contributed by atoms with Crippen LogP contribution in [0.2, 0.25) is 0 Å². The van der Waals surface area contributed by atoms with E-state index in [1.54, 1.807) is 0 Å². The number of rotatable bonds is 7. The number of nitrogens with zero attached hydrogens (tertiary/aromatic N) is 2. The van der Waals surface area contributed by atoms with Gasteiger partial charge in [-0.3, -0.25) is 38.3 Å². The van der Waals surface area contributed by atoms with Crippen LogP contribution in [-0.4, -0.2) is 70.2 Å². The molecule has 2 aromatic heterocycles. The zero-order chi connectivity index (χ0) is 20.5. The molecule has 0 amide bonds. The fraction of sp³-hybridized carbons (Fsp3) is 0.500. The molecule has 0 aliphatic carbocycles. The van der Waals surface area contributed by atoms with Crippen LogP contribution in [0.3, 0.4) is 0 Å². The maximum absolute atomic E-state index is 12.4. The van der Waals surface area contributed by atoms with Crippen molar-refractivity contribution in [3.8, 4) is 0 Å². The number of Topliss-reactive ketones (excluding diaryl/α,β-unsaturated/α-hetero) is 1. The van der Waals surface area contributed by atoms with Crippen molar-refractivity contribution in [1.82, 2.24) is 19.1 Å². The van der Waals surface area contributed by atoms with Gasteiger partial charge in [0.05, 0.1) is 19.7 Å². The molecule has 3 atom stereocenters. The number of aromatic nitrogens is 4. The first-order valence-corrected chi connectivity index (χ1v) is 7.73. The number of hydrogen-bond acceptors (Lipinski definition) is 9. The molecule has 0 unspecified atom stereocenters. The zero-order valence-electron chi connectivity index (χ0n) is 14.1. The molecule has 13 nitrogen and oxygen atoms in total. The van der Waals surface area contributed by atoms with Gasteiger partial charge in [-0.25, -0.2) is 4.79 Å². The largest absolute Gasteiger partial charge is 0.394 e. The Hall–Kier alpha value is -2.87. The van der Waals surface area contributed by atoms with Crippen LogP contribution in [0.4, 0.5) is 0 Å². The number of ketones is 1. The van der Waals surface area contributed by atoms with Crippen molar-refractivity contribution in [1.29, 1.82) is 0 Å². The van der Waals surface area contributed by atoms with Gasteiger partial charge >= 0.3 is 16.8 Å². The Bertz CT molecular complexity index is 1090. The maximum atomic E-state index is 12.4. The van der Waals surface area contributed by atoms with E-state index in [1.165, 1.54) is 0 Å². The summed E-state index contributed by atoms with van der Waals surface area (Å²) in [6.07, 6.45) is -5.45. The lowest BCUT2D eigenvalue weighted by atomic mass is 10.1. The zero-order valence-corrected chi connectivity index (χ0v) is 14.1. The molecule has 0 bridgehead atoms. The summed E-state index contributed by atoms with van der Waals surface area (Å²) in [5.74, 6) is -0.539. The first-order valence-electron chi connectivity index (χ1n) is 7.73. The van der Waals surface area contributed by atoms with E-state index in [0.29, 0.717) is 9.13 Å². The molecule has 0 fully saturated rings. The molecule has 0 aliphatic heterocycles. The summed E-state index contributed by atoms with van der Waals surface area (Å²) in [5.41, 5.74) is -5.56. The fourth-order valence-corrected chi connectivity index (χ4v) is 2.55. The summed E-state index contributed by atoms with van der Waals surface area (Å²) in [4.78, 5) is 63.8. The molecule has 148 valence electrons. The summed E-state index contributed by atoms with van der Waals surface area (Å²) in [5, 5.41) is 37.9. The SMILES string of the molecule is CC(=O)Cn1c(=O)c(=O)n(C[C@H](O)[C@H](O)[C@H](O)CO)c2[nH]c(=O)[nH]c(=O)c21. The van der Waals surface area contributed by atoms with Crippen LogP contribution in [0.5, 0.6) is 0 Å². The van der Waals surface area contributed by atoms with Gasteiger partial charge in [0, 0.05) is 0 Å². The maximum Gasteiger partial charge on any atom is 0.327 e. The molecule has 2 rings (SSSR count). The van der Waals surface area contributed by atoms with E-state index in [0.717, 1.165) is 6.92 Å². The first-order chi connectivity index (χ1) is 12.6. The van der Waals surface area contributed by atoms with E-state index in [1.807, 2.05) is 4.98 Å². The molecule has 0 aromatic carbocycles. The molecular weight excluding hydrogens is 368 g/mol. The van der Waals surface area contributed by atoms with Crippen molar-refractivity contribution in [2.24, 2.45) is 0 Å². The molecule has 2 heterocycles. The number of fused-ring (bicyclic) bond motifs is 1. The lowest BCUT2D eigenvalue weighted by Gasteiger charge is -2.23.